The van der Waals surface area contributed by atoms with Crippen molar-refractivity contribution in [3.05, 3.63) is 29.9 Å². The van der Waals surface area contributed by atoms with E-state index in [1.807, 2.05) is 18.2 Å². The van der Waals surface area contributed by atoms with E-state index in [0.717, 1.165) is 26.4 Å². The van der Waals surface area contributed by atoms with Crippen molar-refractivity contribution in [2.75, 3.05) is 20.0 Å². The topological polar surface area (TPSA) is 87.3 Å². The molecule has 2 heterocycles. The van der Waals surface area contributed by atoms with Crippen LogP contribution in [0.15, 0.2) is 34.9 Å². The van der Waals surface area contributed by atoms with Crippen molar-refractivity contribution in [1.29, 1.82) is 0 Å². The summed E-state index contributed by atoms with van der Waals surface area (Å²) in [6.45, 7) is 0. The van der Waals surface area contributed by atoms with Crippen molar-refractivity contribution in [1.82, 2.24) is 9.97 Å². The largest absolute Gasteiger partial charge is 0.493 e. The van der Waals surface area contributed by atoms with Gasteiger partial charge in [-0.3, -0.25) is 4.79 Å². The van der Waals surface area contributed by atoms with E-state index in [2.05, 4.69) is 15.3 Å². The van der Waals surface area contributed by atoms with Gasteiger partial charge in [-0.2, -0.15) is 0 Å². The molecular weight excluding hydrogens is 358 g/mol. The first-order valence-corrected chi connectivity index (χ1v) is 9.36. The minimum atomic E-state index is -0.316. The molecule has 0 fully saturated rings. The van der Waals surface area contributed by atoms with E-state index >= 15 is 0 Å². The fraction of sp³-hybridized carbons (Fsp3) is 0.235. The third kappa shape index (κ3) is 3.69. The van der Waals surface area contributed by atoms with Crippen LogP contribution in [0.3, 0.4) is 0 Å². The lowest BCUT2D eigenvalue weighted by molar-refractivity contribution is -0.117. The van der Waals surface area contributed by atoms with E-state index < -0.39 is 0 Å². The highest BCUT2D eigenvalue weighted by Crippen LogP contribution is 2.40. The molecule has 0 bridgehead atoms. The molecule has 2 aromatic heterocycles. The summed E-state index contributed by atoms with van der Waals surface area (Å²) in [6.07, 6.45) is 1.86. The fourth-order valence-electron chi connectivity index (χ4n) is 2.42. The van der Waals surface area contributed by atoms with Crippen LogP contribution in [-0.2, 0) is 4.79 Å². The molecule has 0 unspecified atom stereocenters. The molecule has 0 aliphatic rings. The Bertz CT molecular complexity index is 911. The highest BCUT2D eigenvalue weighted by molar-refractivity contribution is 7.99. The summed E-state index contributed by atoms with van der Waals surface area (Å²) in [6, 6.07) is 5.79. The molecule has 1 aromatic carbocycles. The van der Waals surface area contributed by atoms with Gasteiger partial charge in [0.15, 0.2) is 11.5 Å². The van der Waals surface area contributed by atoms with Crippen molar-refractivity contribution in [2.24, 2.45) is 5.73 Å². The molecule has 0 radical (unpaired) electrons. The normalized spacial score (nSPS) is 10.8. The van der Waals surface area contributed by atoms with Crippen LogP contribution in [0.5, 0.6) is 11.5 Å². The van der Waals surface area contributed by atoms with Crippen LogP contribution < -0.4 is 15.2 Å². The molecule has 130 valence electrons. The van der Waals surface area contributed by atoms with E-state index in [4.69, 9.17) is 15.2 Å². The van der Waals surface area contributed by atoms with Crippen molar-refractivity contribution in [3.8, 4) is 22.6 Å². The van der Waals surface area contributed by atoms with Gasteiger partial charge in [0.1, 0.15) is 16.2 Å². The van der Waals surface area contributed by atoms with Crippen molar-refractivity contribution < 1.29 is 14.3 Å². The Balaban J connectivity index is 2.03. The maximum atomic E-state index is 11.0. The summed E-state index contributed by atoms with van der Waals surface area (Å²) in [5.74, 6) is 1.61. The second-order valence-corrected chi connectivity index (χ2v) is 7.08. The smallest absolute Gasteiger partial charge is 0.218 e. The Kier molecular flexibility index (Phi) is 5.40. The average molecular weight is 375 g/mol. The second kappa shape index (κ2) is 7.71. The summed E-state index contributed by atoms with van der Waals surface area (Å²) >= 11 is 3.07. The van der Waals surface area contributed by atoms with E-state index in [-0.39, 0.29) is 5.91 Å². The summed E-state index contributed by atoms with van der Waals surface area (Å²) in [5.41, 5.74) is 7.25. The van der Waals surface area contributed by atoms with Crippen LogP contribution in [-0.4, -0.2) is 35.8 Å². The molecule has 6 nitrogen and oxygen atoms in total. The molecule has 25 heavy (non-hydrogen) atoms. The zero-order chi connectivity index (χ0) is 17.8. The number of amides is 1. The van der Waals surface area contributed by atoms with Crippen LogP contribution in [0.1, 0.15) is 6.42 Å². The van der Waals surface area contributed by atoms with Crippen molar-refractivity contribution >= 4 is 39.2 Å². The maximum Gasteiger partial charge on any atom is 0.218 e. The molecule has 0 saturated carbocycles. The van der Waals surface area contributed by atoms with Crippen LogP contribution in [0.4, 0.5) is 0 Å². The predicted octanol–water partition coefficient (Wildman–Crippen LogP) is 3.34. The van der Waals surface area contributed by atoms with Crippen molar-refractivity contribution in [2.45, 2.75) is 11.4 Å². The molecule has 8 heteroatoms. The number of nitrogens with zero attached hydrogens (tertiary/aromatic N) is 2. The average Bonchev–Trinajstić information content (AvgIpc) is 3.06. The lowest BCUT2D eigenvalue weighted by Gasteiger charge is -2.10. The Morgan fingerprint density at radius 3 is 2.76 bits per heavy atom. The first-order chi connectivity index (χ1) is 12.1. The molecule has 3 aromatic rings. The third-order valence-corrected chi connectivity index (χ3v) is 5.49. The lowest BCUT2D eigenvalue weighted by atomic mass is 10.1. The SMILES string of the molecule is COc1ccc(-c2csc3ncnc(SCCC(N)=O)c23)cc1OC. The van der Waals surface area contributed by atoms with E-state index in [0.29, 0.717) is 23.7 Å². The molecule has 1 amide bonds. The Morgan fingerprint density at radius 2 is 2.04 bits per heavy atom. The zero-order valence-corrected chi connectivity index (χ0v) is 15.4. The van der Waals surface area contributed by atoms with Gasteiger partial charge in [0.05, 0.1) is 19.6 Å². The van der Waals surface area contributed by atoms with Crippen molar-refractivity contribution in [3.63, 3.8) is 0 Å². The zero-order valence-electron chi connectivity index (χ0n) is 13.8. The van der Waals surface area contributed by atoms with E-state index in [1.165, 1.54) is 11.8 Å². The molecular formula is C17H17N3O3S2. The minimum absolute atomic E-state index is 0.312. The number of aromatic nitrogens is 2. The first-order valence-electron chi connectivity index (χ1n) is 7.49. The highest BCUT2D eigenvalue weighted by Gasteiger charge is 2.15. The number of rotatable bonds is 7. The van der Waals surface area contributed by atoms with Crippen LogP contribution >= 0.6 is 23.1 Å². The van der Waals surface area contributed by atoms with Gasteiger partial charge < -0.3 is 15.2 Å². The highest BCUT2D eigenvalue weighted by atomic mass is 32.2. The number of thioether (sulfide) groups is 1. The number of hydrogen-bond donors (Lipinski definition) is 1. The van der Waals surface area contributed by atoms with Gasteiger partial charge in [0.2, 0.25) is 5.91 Å². The van der Waals surface area contributed by atoms with Crippen LogP contribution in [0, 0.1) is 0 Å². The Morgan fingerprint density at radius 1 is 1.24 bits per heavy atom. The lowest BCUT2D eigenvalue weighted by Crippen LogP contribution is -2.10. The molecule has 0 aliphatic carbocycles. The summed E-state index contributed by atoms with van der Waals surface area (Å²) in [5, 5.41) is 3.88. The van der Waals surface area contributed by atoms with Gasteiger partial charge in [-0.15, -0.1) is 23.1 Å². The van der Waals surface area contributed by atoms with Gasteiger partial charge in [0.25, 0.3) is 0 Å². The molecule has 3 rings (SSSR count). The Hall–Kier alpha value is -2.32. The van der Waals surface area contributed by atoms with Crippen LogP contribution in [0.2, 0.25) is 0 Å². The van der Waals surface area contributed by atoms with Gasteiger partial charge in [-0.05, 0) is 17.7 Å². The molecule has 2 N–H and O–H groups in total. The summed E-state index contributed by atoms with van der Waals surface area (Å²) in [7, 11) is 3.22. The second-order valence-electron chi connectivity index (χ2n) is 5.14. The molecule has 0 saturated heterocycles. The van der Waals surface area contributed by atoms with E-state index in [1.54, 1.807) is 31.9 Å². The first kappa shape index (κ1) is 17.5. The number of hydrogen-bond acceptors (Lipinski definition) is 7. The van der Waals surface area contributed by atoms with Crippen LogP contribution in [0.25, 0.3) is 21.3 Å². The van der Waals surface area contributed by atoms with Gasteiger partial charge in [-0.1, -0.05) is 6.07 Å². The molecule has 0 aliphatic heterocycles. The maximum absolute atomic E-state index is 11.0. The summed E-state index contributed by atoms with van der Waals surface area (Å²) < 4.78 is 10.7. The number of methoxy groups -OCH3 is 2. The number of ether oxygens (including phenoxy) is 2. The van der Waals surface area contributed by atoms with Gasteiger partial charge in [0, 0.05) is 23.1 Å². The number of fused-ring (bicyclic) bond motifs is 1. The standard InChI is InChI=1S/C17H17N3O3S2/c1-22-12-4-3-10(7-13(12)23-2)11-8-25-17-15(11)16(19-9-20-17)24-6-5-14(18)21/h3-4,7-9H,5-6H2,1-2H3,(H2,18,21). The number of carbonyl (C=O) groups is 1. The quantitative estimate of drug-likeness (QED) is 0.503. The Labute approximate surface area is 153 Å². The number of nitrogens with two attached hydrogens (primary N) is 1. The molecule has 0 atom stereocenters. The number of carbonyl (C=O) groups excluding carboxylic acids is 1. The van der Waals surface area contributed by atoms with Gasteiger partial charge >= 0.3 is 0 Å². The monoisotopic (exact) mass is 375 g/mol. The minimum Gasteiger partial charge on any atom is -0.493 e. The summed E-state index contributed by atoms with van der Waals surface area (Å²) in [4.78, 5) is 20.6. The third-order valence-electron chi connectivity index (χ3n) is 3.62. The van der Waals surface area contributed by atoms with Gasteiger partial charge in [-0.25, -0.2) is 9.97 Å². The number of benzene rings is 1. The fourth-order valence-corrected chi connectivity index (χ4v) is 4.37. The van der Waals surface area contributed by atoms with E-state index in [9.17, 15) is 4.79 Å². The number of primary amides is 1. The number of thiophene rings is 1. The molecule has 0 spiro atoms. The predicted molar refractivity (Wildman–Crippen MR) is 100 cm³/mol.